The van der Waals surface area contributed by atoms with E-state index < -0.39 is 101 Å². The van der Waals surface area contributed by atoms with E-state index in [4.69, 9.17) is 9.47 Å². The van der Waals surface area contributed by atoms with Crippen molar-refractivity contribution in [2.24, 2.45) is 40.4 Å². The van der Waals surface area contributed by atoms with Crippen LogP contribution in [0.5, 0.6) is 0 Å². The van der Waals surface area contributed by atoms with E-state index in [2.05, 4.69) is 31.4 Å². The summed E-state index contributed by atoms with van der Waals surface area (Å²) in [6.45, 7) is 8.77. The lowest BCUT2D eigenvalue weighted by molar-refractivity contribution is -0.201. The Morgan fingerprint density at radius 2 is 1.10 bits per heavy atom. The number of fused-ring (bicyclic) bond motifs is 5. The van der Waals surface area contributed by atoms with Gasteiger partial charge in [0.1, 0.15) is 12.2 Å². The molecule has 0 bridgehead atoms. The third-order valence-electron chi connectivity index (χ3n) is 16.7. The first-order valence-electron chi connectivity index (χ1n) is 24.6. The zero-order valence-electron chi connectivity index (χ0n) is 41.1. The number of hydrogen-bond donors (Lipinski definition) is 12. The first-order chi connectivity index (χ1) is 32.1. The van der Waals surface area contributed by atoms with Gasteiger partial charge in [0.2, 0.25) is 24.3 Å². The van der Waals surface area contributed by atoms with Crippen LogP contribution in [0.15, 0.2) is 0 Å². The highest BCUT2D eigenvalue weighted by atomic mass is 31.2. The summed E-state index contributed by atoms with van der Waals surface area (Å²) in [6.07, 6.45) is 5.69. The summed E-state index contributed by atoms with van der Waals surface area (Å²) in [4.78, 5) is 118. The topological polar surface area (TPSA) is 381 Å². The zero-order chi connectivity index (χ0) is 52.9. The van der Waals surface area contributed by atoms with E-state index in [1.807, 2.05) is 6.92 Å². The molecule has 2 amide bonds. The molecule has 4 aliphatic rings. The van der Waals surface area contributed by atoms with E-state index in [0.717, 1.165) is 57.8 Å². The largest absolute Gasteiger partial charge is 0.462 e. The molecule has 406 valence electrons. The molecule has 12 atom stereocenters. The van der Waals surface area contributed by atoms with Crippen molar-refractivity contribution in [3.05, 3.63) is 0 Å². The quantitative estimate of drug-likeness (QED) is 0.0312. The molecule has 0 saturated heterocycles. The molecule has 0 aromatic carbocycles. The second-order valence-corrected chi connectivity index (χ2v) is 30.1. The molecule has 0 spiro atoms. The highest BCUT2D eigenvalue weighted by Crippen LogP contribution is 2.71. The Balaban J connectivity index is 1.43. The van der Waals surface area contributed by atoms with Gasteiger partial charge in [-0.15, -0.1) is 0 Å². The van der Waals surface area contributed by atoms with Gasteiger partial charge >= 0.3 is 34.7 Å². The predicted octanol–water partition coefficient (Wildman–Crippen LogP) is 4.88. The number of carbonyl (C=O) groups is 4. The van der Waals surface area contributed by atoms with E-state index in [1.54, 1.807) is 0 Å². The summed E-state index contributed by atoms with van der Waals surface area (Å²) < 4.78 is 59.4. The van der Waals surface area contributed by atoms with Gasteiger partial charge in [-0.3, -0.25) is 37.4 Å². The Morgan fingerprint density at radius 3 is 1.61 bits per heavy atom. The van der Waals surface area contributed by atoms with Crippen molar-refractivity contribution in [1.82, 2.24) is 10.6 Å². The van der Waals surface area contributed by atoms with E-state index in [9.17, 15) is 87.0 Å². The Kier molecular flexibility index (Phi) is 20.5. The zero-order valence-corrected chi connectivity index (χ0v) is 44.7. The summed E-state index contributed by atoms with van der Waals surface area (Å²) in [6, 6.07) is 0. The molecule has 0 aliphatic heterocycles. The minimum Gasteiger partial charge on any atom is -0.462 e. The molecule has 70 heavy (non-hydrogen) atoms. The number of hydrogen-bond acceptors (Lipinski definition) is 13. The molecule has 4 aliphatic carbocycles. The van der Waals surface area contributed by atoms with Crippen molar-refractivity contribution < 1.29 is 96.5 Å². The summed E-state index contributed by atoms with van der Waals surface area (Å²) in [5, 5.41) is 30.5. The monoisotopic (exact) mass is 1080 g/mol. The summed E-state index contributed by atoms with van der Waals surface area (Å²) in [5.74, 6) is -2.06. The fourth-order valence-corrected chi connectivity index (χ4v) is 18.0. The van der Waals surface area contributed by atoms with Gasteiger partial charge in [0, 0.05) is 44.9 Å². The molecule has 0 radical (unpaired) electrons. The van der Waals surface area contributed by atoms with Crippen molar-refractivity contribution in [3.63, 3.8) is 0 Å². The average Bonchev–Trinajstić information content (AvgIpc) is 3.61. The van der Waals surface area contributed by atoms with Crippen LogP contribution < -0.4 is 10.6 Å². The first-order valence-corrected chi connectivity index (χ1v) is 31.6. The number of rotatable bonds is 26. The molecule has 4 rings (SSSR count). The van der Waals surface area contributed by atoms with Crippen LogP contribution in [0.2, 0.25) is 0 Å². The van der Waals surface area contributed by atoms with Crippen LogP contribution in [-0.4, -0.2) is 121 Å². The molecule has 26 heteroatoms. The normalized spacial score (nSPS) is 30.8. The van der Waals surface area contributed by atoms with Gasteiger partial charge in [0.05, 0.1) is 18.4 Å². The molecule has 22 nitrogen and oxygen atoms in total. The van der Waals surface area contributed by atoms with Gasteiger partial charge < -0.3 is 69.7 Å². The third-order valence-corrected chi connectivity index (χ3v) is 25.2. The third kappa shape index (κ3) is 14.0. The van der Waals surface area contributed by atoms with Gasteiger partial charge in [-0.1, -0.05) is 46.5 Å². The van der Waals surface area contributed by atoms with Gasteiger partial charge in [-0.05, 0) is 118 Å². The van der Waals surface area contributed by atoms with Crippen LogP contribution >= 0.6 is 30.2 Å². The number of unbranched alkanes of at least 4 members (excludes halogenated alkanes) is 3. The van der Waals surface area contributed by atoms with Gasteiger partial charge in [-0.25, -0.2) is 0 Å². The van der Waals surface area contributed by atoms with Crippen molar-refractivity contribution in [3.8, 4) is 0 Å². The standard InChI is InChI=1S/C44H80N2O20P4/c1-6-7-8-9-20-42(4,51)35-13-12-31-30-28-34(66-39(50)17-15-37(48)45-25-10-21-43(52,67(5,54)55)68(56,57)58)33-27-29(18-23-40(33,2)32(30)19-24-41(31,35)3)65-38(49)16-14-36(47)46-26-11-22-44(53,69(59,60)61)70(62,63)64/h29-35,51-53H,6-28H2,1-5H3,(H,45,48)(H,46,47)(H,54,55)(H2,56,57,58)(H2,59,60,61)(H2,62,63,64)/t29-,30-,31-,32-,33+,34-,35-,40+,41-,42-,43?/m0/s1. The van der Waals surface area contributed by atoms with Crippen molar-refractivity contribution in [2.75, 3.05) is 19.8 Å². The summed E-state index contributed by atoms with van der Waals surface area (Å²) >= 11 is 0. The number of amides is 2. The SMILES string of the molecule is CCCCCC[C@](C)(O)[C@H]1CC[C@H]2[C@@H]3C[C@H](OC(=O)CCC(=O)NCCCC(O)(P(C)(=O)O)P(=O)(O)O)[C@H]4C[C@@H](OC(=O)CCC(=O)NCCCC(O)(P(=O)(O)O)P(=O)(O)O)CC[C@]4(C)[C@H]3CC[C@@]21C. The van der Waals surface area contributed by atoms with Crippen LogP contribution in [0.25, 0.3) is 0 Å². The van der Waals surface area contributed by atoms with E-state index in [-0.39, 0.29) is 85.6 Å². The molecule has 0 aromatic rings. The molecule has 2 unspecified atom stereocenters. The number of aliphatic hydroxyl groups is 3. The average molecular weight is 1080 g/mol. The van der Waals surface area contributed by atoms with Crippen molar-refractivity contribution in [1.29, 1.82) is 0 Å². The number of carbonyl (C=O) groups excluding carboxylic acids is 4. The number of nitrogens with one attached hydrogen (secondary N) is 2. The second-order valence-electron chi connectivity index (χ2n) is 21.4. The predicted molar refractivity (Wildman–Crippen MR) is 254 cm³/mol. The summed E-state index contributed by atoms with van der Waals surface area (Å²) in [7, 11) is -21.4. The molecule has 12 N–H and O–H groups in total. The highest BCUT2D eigenvalue weighted by Gasteiger charge is 2.65. The molecular weight excluding hydrogens is 1000 g/mol. The highest BCUT2D eigenvalue weighted by molar-refractivity contribution is 7.74. The van der Waals surface area contributed by atoms with E-state index in [1.165, 1.54) is 0 Å². The maximum absolute atomic E-state index is 13.7. The van der Waals surface area contributed by atoms with Crippen LogP contribution in [-0.2, 0) is 46.9 Å². The van der Waals surface area contributed by atoms with Gasteiger partial charge in [0.15, 0.2) is 0 Å². The molecular formula is C44H80N2O20P4. The maximum Gasteiger partial charge on any atom is 0.369 e. The Hall–Kier alpha value is -1.60. The Bertz CT molecular complexity index is 2010. The molecule has 0 heterocycles. The molecule has 4 fully saturated rings. The van der Waals surface area contributed by atoms with Gasteiger partial charge in [-0.2, -0.15) is 0 Å². The minimum absolute atomic E-state index is 0.0937. The number of ether oxygens (including phenoxy) is 2. The lowest BCUT2D eigenvalue weighted by atomic mass is 9.43. The van der Waals surface area contributed by atoms with Crippen LogP contribution in [0, 0.1) is 40.4 Å². The number of esters is 2. The van der Waals surface area contributed by atoms with Crippen LogP contribution in [0.4, 0.5) is 0 Å². The van der Waals surface area contributed by atoms with Crippen LogP contribution in [0.1, 0.15) is 163 Å². The Morgan fingerprint density at radius 1 is 0.600 bits per heavy atom. The van der Waals surface area contributed by atoms with Gasteiger partial charge in [0.25, 0.3) is 5.08 Å². The Labute approximate surface area is 410 Å². The van der Waals surface area contributed by atoms with Crippen molar-refractivity contribution >= 4 is 53.9 Å². The smallest absolute Gasteiger partial charge is 0.369 e. The van der Waals surface area contributed by atoms with E-state index in [0.29, 0.717) is 32.3 Å². The molecule has 0 aromatic heterocycles. The lowest BCUT2D eigenvalue weighted by Crippen LogP contribution is -2.60. The minimum atomic E-state index is -5.66. The summed E-state index contributed by atoms with van der Waals surface area (Å²) in [5.41, 5.74) is -1.33. The lowest BCUT2D eigenvalue weighted by Gasteiger charge is -2.63. The second kappa shape index (κ2) is 23.5. The molecule has 4 saturated carbocycles. The maximum atomic E-state index is 13.7. The van der Waals surface area contributed by atoms with Crippen molar-refractivity contribution in [2.45, 2.75) is 191 Å². The van der Waals surface area contributed by atoms with Crippen LogP contribution in [0.3, 0.4) is 0 Å². The van der Waals surface area contributed by atoms with E-state index >= 15 is 0 Å². The fourth-order valence-electron chi connectivity index (χ4n) is 12.8. The first kappa shape index (κ1) is 61.0. The fraction of sp³-hybridized carbons (Fsp3) is 0.909.